The fourth-order valence-electron chi connectivity index (χ4n) is 0.664. The van der Waals surface area contributed by atoms with Crippen LogP contribution in [0.15, 0.2) is 0 Å². The van der Waals surface area contributed by atoms with Crippen LogP contribution in [0.5, 0.6) is 0 Å². The highest BCUT2D eigenvalue weighted by atomic mass is 16.7. The highest BCUT2D eigenvalue weighted by molar-refractivity contribution is 5.65. The Morgan fingerprint density at radius 1 is 1.25 bits per heavy atom. The van der Waals surface area contributed by atoms with E-state index >= 15 is 0 Å². The van der Waals surface area contributed by atoms with Gasteiger partial charge in [0.2, 0.25) is 0 Å². The van der Waals surface area contributed by atoms with Gasteiger partial charge in [0.05, 0.1) is 6.61 Å². The van der Waals surface area contributed by atoms with Crippen LogP contribution in [0.25, 0.3) is 0 Å². The van der Waals surface area contributed by atoms with Crippen LogP contribution < -0.4 is 0 Å². The van der Waals surface area contributed by atoms with E-state index in [4.69, 9.17) is 9.47 Å². The fourth-order valence-corrected chi connectivity index (χ4v) is 0.664. The molecule has 72 valence electrons. The van der Waals surface area contributed by atoms with Crippen LogP contribution in [0.4, 0.5) is 0 Å². The third-order valence-corrected chi connectivity index (χ3v) is 1.19. The van der Waals surface area contributed by atoms with Gasteiger partial charge in [-0.15, -0.1) is 0 Å². The van der Waals surface area contributed by atoms with Crippen molar-refractivity contribution in [2.24, 2.45) is 0 Å². The summed E-state index contributed by atoms with van der Waals surface area (Å²) in [4.78, 5) is 10.3. The molecule has 0 aliphatic heterocycles. The second-order valence-electron chi connectivity index (χ2n) is 2.36. The maximum absolute atomic E-state index is 10.3. The Morgan fingerprint density at radius 2 is 1.92 bits per heavy atom. The Hall–Kier alpha value is -0.610. The highest BCUT2D eigenvalue weighted by Gasteiger charge is 1.92. The predicted octanol–water partition coefficient (Wildman–Crippen LogP) is 0.950. The van der Waals surface area contributed by atoms with E-state index in [1.165, 1.54) is 6.92 Å². The molecular formula is C8H16O4. The van der Waals surface area contributed by atoms with Gasteiger partial charge in [0.1, 0.15) is 6.79 Å². The van der Waals surface area contributed by atoms with Crippen molar-refractivity contribution >= 4 is 5.97 Å². The molecule has 0 amide bonds. The molecule has 0 fully saturated rings. The van der Waals surface area contributed by atoms with Gasteiger partial charge in [-0.25, -0.2) is 0 Å². The van der Waals surface area contributed by atoms with Crippen molar-refractivity contribution in [2.45, 2.75) is 19.8 Å². The molecule has 0 heterocycles. The van der Waals surface area contributed by atoms with Gasteiger partial charge in [-0.2, -0.15) is 0 Å². The van der Waals surface area contributed by atoms with Crippen LogP contribution in [0.2, 0.25) is 0 Å². The molecule has 0 unspecified atom stereocenters. The summed E-state index contributed by atoms with van der Waals surface area (Å²) in [6, 6.07) is 0. The number of hydrogen-bond acceptors (Lipinski definition) is 4. The minimum Gasteiger partial charge on any atom is -0.466 e. The summed E-state index contributed by atoms with van der Waals surface area (Å²) in [5.41, 5.74) is 0. The highest BCUT2D eigenvalue weighted by Crippen LogP contribution is 1.91. The lowest BCUT2D eigenvalue weighted by atomic mass is 10.3. The summed E-state index contributed by atoms with van der Waals surface area (Å²) < 4.78 is 14.4. The van der Waals surface area contributed by atoms with Crippen LogP contribution in [0.1, 0.15) is 19.8 Å². The normalized spacial score (nSPS) is 9.83. The smallest absolute Gasteiger partial charge is 0.302 e. The Morgan fingerprint density at radius 3 is 2.50 bits per heavy atom. The van der Waals surface area contributed by atoms with E-state index in [9.17, 15) is 4.79 Å². The Kier molecular flexibility index (Phi) is 8.05. The van der Waals surface area contributed by atoms with Crippen LogP contribution in [0, 0.1) is 0 Å². The number of unbranched alkanes of at least 4 members (excludes halogenated alkanes) is 1. The number of carbonyl (C=O) groups is 1. The van der Waals surface area contributed by atoms with Crippen LogP contribution in [-0.4, -0.2) is 33.1 Å². The zero-order valence-corrected chi connectivity index (χ0v) is 7.67. The Bertz CT molecular complexity index is 114. The van der Waals surface area contributed by atoms with Crippen molar-refractivity contribution in [1.82, 2.24) is 0 Å². The SMILES string of the molecule is COCOCCCCOC(C)=O. The molecule has 0 aromatic carbocycles. The van der Waals surface area contributed by atoms with E-state index in [1.807, 2.05) is 0 Å². The van der Waals surface area contributed by atoms with E-state index in [1.54, 1.807) is 7.11 Å². The summed E-state index contributed by atoms with van der Waals surface area (Å²) in [6.45, 7) is 2.86. The molecule has 0 bridgehead atoms. The number of hydrogen-bond donors (Lipinski definition) is 0. The molecule has 4 nitrogen and oxygen atoms in total. The minimum atomic E-state index is -0.229. The van der Waals surface area contributed by atoms with Gasteiger partial charge in [-0.05, 0) is 12.8 Å². The van der Waals surface area contributed by atoms with Crippen LogP contribution in [-0.2, 0) is 19.0 Å². The number of esters is 1. The zero-order chi connectivity index (χ0) is 9.23. The second kappa shape index (κ2) is 8.49. The van der Waals surface area contributed by atoms with E-state index in [2.05, 4.69) is 4.74 Å². The van der Waals surface area contributed by atoms with Gasteiger partial charge in [-0.3, -0.25) is 4.79 Å². The third-order valence-electron chi connectivity index (χ3n) is 1.19. The number of methoxy groups -OCH3 is 1. The second-order valence-corrected chi connectivity index (χ2v) is 2.36. The first-order chi connectivity index (χ1) is 5.77. The third kappa shape index (κ3) is 9.39. The molecule has 0 aromatic heterocycles. The zero-order valence-electron chi connectivity index (χ0n) is 7.67. The van der Waals surface area contributed by atoms with Crippen LogP contribution in [0.3, 0.4) is 0 Å². The van der Waals surface area contributed by atoms with Crippen molar-refractivity contribution in [3.63, 3.8) is 0 Å². The number of carbonyl (C=O) groups excluding carboxylic acids is 1. The molecule has 0 aromatic rings. The lowest BCUT2D eigenvalue weighted by Gasteiger charge is -2.02. The van der Waals surface area contributed by atoms with Gasteiger partial charge < -0.3 is 14.2 Å². The van der Waals surface area contributed by atoms with Crippen molar-refractivity contribution in [3.05, 3.63) is 0 Å². The molecule has 0 radical (unpaired) electrons. The largest absolute Gasteiger partial charge is 0.466 e. The van der Waals surface area contributed by atoms with Crippen molar-refractivity contribution < 1.29 is 19.0 Å². The molecule has 0 spiro atoms. The molecule has 12 heavy (non-hydrogen) atoms. The molecule has 0 atom stereocenters. The summed E-state index contributed by atoms with van der Waals surface area (Å²) in [5, 5.41) is 0. The summed E-state index contributed by atoms with van der Waals surface area (Å²) in [7, 11) is 1.58. The molecule has 0 aliphatic rings. The Labute approximate surface area is 72.8 Å². The first kappa shape index (κ1) is 11.4. The molecule has 0 rings (SSSR count). The Balaban J connectivity index is 2.86. The van der Waals surface area contributed by atoms with E-state index in [0.29, 0.717) is 20.0 Å². The lowest BCUT2D eigenvalue weighted by Crippen LogP contribution is -2.03. The topological polar surface area (TPSA) is 44.8 Å². The van der Waals surface area contributed by atoms with Gasteiger partial charge >= 0.3 is 5.97 Å². The molecule has 4 heteroatoms. The van der Waals surface area contributed by atoms with Gasteiger partial charge in [0.15, 0.2) is 0 Å². The maximum Gasteiger partial charge on any atom is 0.302 e. The van der Waals surface area contributed by atoms with E-state index in [-0.39, 0.29) is 5.97 Å². The predicted molar refractivity (Wildman–Crippen MR) is 43.7 cm³/mol. The summed E-state index contributed by atoms with van der Waals surface area (Å²) in [5.74, 6) is -0.229. The maximum atomic E-state index is 10.3. The quantitative estimate of drug-likeness (QED) is 0.329. The van der Waals surface area contributed by atoms with Crippen molar-refractivity contribution in [3.8, 4) is 0 Å². The minimum absolute atomic E-state index is 0.229. The standard InChI is InChI=1S/C8H16O4/c1-8(9)12-6-4-3-5-11-7-10-2/h3-7H2,1-2H3. The van der Waals surface area contributed by atoms with Crippen molar-refractivity contribution in [2.75, 3.05) is 27.1 Å². The summed E-state index contributed by atoms with van der Waals surface area (Å²) >= 11 is 0. The van der Waals surface area contributed by atoms with Gasteiger partial charge in [0.25, 0.3) is 0 Å². The van der Waals surface area contributed by atoms with Gasteiger partial charge in [0, 0.05) is 20.6 Å². The summed E-state index contributed by atoms with van der Waals surface area (Å²) in [6.07, 6.45) is 1.72. The first-order valence-electron chi connectivity index (χ1n) is 3.97. The van der Waals surface area contributed by atoms with Crippen LogP contribution >= 0.6 is 0 Å². The first-order valence-corrected chi connectivity index (χ1v) is 3.97. The van der Waals surface area contributed by atoms with E-state index in [0.717, 1.165) is 12.8 Å². The molecule has 0 saturated heterocycles. The number of rotatable bonds is 7. The monoisotopic (exact) mass is 176 g/mol. The fraction of sp³-hybridized carbons (Fsp3) is 0.875. The number of ether oxygens (including phenoxy) is 3. The molecular weight excluding hydrogens is 160 g/mol. The average molecular weight is 176 g/mol. The lowest BCUT2D eigenvalue weighted by molar-refractivity contribution is -0.141. The molecule has 0 aliphatic carbocycles. The van der Waals surface area contributed by atoms with Gasteiger partial charge in [-0.1, -0.05) is 0 Å². The molecule has 0 saturated carbocycles. The average Bonchev–Trinajstić information content (AvgIpc) is 2.02. The van der Waals surface area contributed by atoms with E-state index < -0.39 is 0 Å². The molecule has 0 N–H and O–H groups in total. The van der Waals surface area contributed by atoms with Crippen molar-refractivity contribution in [1.29, 1.82) is 0 Å².